The van der Waals surface area contributed by atoms with Crippen LogP contribution in [0.15, 0.2) is 47.6 Å². The molecule has 0 aliphatic carbocycles. The Morgan fingerprint density at radius 1 is 1.21 bits per heavy atom. The predicted octanol–water partition coefficient (Wildman–Crippen LogP) is 3.38. The molecule has 2 rings (SSSR count). The van der Waals surface area contributed by atoms with Crippen LogP contribution in [0.1, 0.15) is 19.4 Å². The summed E-state index contributed by atoms with van der Waals surface area (Å²) in [6.07, 6.45) is 1.35. The van der Waals surface area contributed by atoms with E-state index in [4.69, 9.17) is 14.2 Å². The lowest BCUT2D eigenvalue weighted by molar-refractivity contribution is -0.384. The molecule has 0 radical (unpaired) electrons. The summed E-state index contributed by atoms with van der Waals surface area (Å²) < 4.78 is 15.7. The van der Waals surface area contributed by atoms with E-state index in [0.717, 1.165) is 5.56 Å². The number of carbonyl (C=O) groups is 1. The first-order valence-corrected chi connectivity index (χ1v) is 8.43. The molecule has 1 N–H and O–H groups in total. The molecule has 9 nitrogen and oxygen atoms in total. The van der Waals surface area contributed by atoms with Crippen molar-refractivity contribution in [2.24, 2.45) is 5.10 Å². The van der Waals surface area contributed by atoms with Gasteiger partial charge in [0.1, 0.15) is 0 Å². The van der Waals surface area contributed by atoms with Gasteiger partial charge in [-0.15, -0.1) is 0 Å². The molecule has 0 heterocycles. The van der Waals surface area contributed by atoms with Gasteiger partial charge < -0.3 is 14.2 Å². The lowest BCUT2D eigenvalue weighted by Gasteiger charge is -2.12. The zero-order chi connectivity index (χ0) is 20.5. The van der Waals surface area contributed by atoms with E-state index in [0.29, 0.717) is 17.2 Å². The number of anilines is 1. The van der Waals surface area contributed by atoms with Crippen LogP contribution >= 0.6 is 0 Å². The lowest BCUT2D eigenvalue weighted by atomic mass is 10.2. The molecule has 0 spiro atoms. The second kappa shape index (κ2) is 9.91. The number of methoxy groups -OCH3 is 1. The van der Waals surface area contributed by atoms with Crippen LogP contribution < -0.4 is 14.9 Å². The second-order valence-corrected chi connectivity index (χ2v) is 5.91. The van der Waals surface area contributed by atoms with Crippen molar-refractivity contribution >= 4 is 23.6 Å². The van der Waals surface area contributed by atoms with Gasteiger partial charge in [-0.05, 0) is 49.7 Å². The second-order valence-electron chi connectivity index (χ2n) is 5.91. The van der Waals surface area contributed by atoms with E-state index < -0.39 is 10.9 Å². The minimum Gasteiger partial charge on any atom is -0.493 e. The molecule has 0 bridgehead atoms. The average molecular weight is 387 g/mol. The molecule has 9 heteroatoms. The van der Waals surface area contributed by atoms with Crippen molar-refractivity contribution < 1.29 is 23.9 Å². The third-order valence-corrected chi connectivity index (χ3v) is 3.39. The van der Waals surface area contributed by atoms with Crippen molar-refractivity contribution in [3.05, 3.63) is 58.1 Å². The van der Waals surface area contributed by atoms with Gasteiger partial charge in [0.2, 0.25) is 0 Å². The van der Waals surface area contributed by atoms with Crippen LogP contribution in [0.2, 0.25) is 0 Å². The molecule has 0 aliphatic heterocycles. The van der Waals surface area contributed by atoms with Crippen molar-refractivity contribution in [2.45, 2.75) is 20.0 Å². The summed E-state index contributed by atoms with van der Waals surface area (Å²) in [7, 11) is 1.49. The van der Waals surface area contributed by atoms with E-state index in [1.165, 1.54) is 19.2 Å². The highest BCUT2D eigenvalue weighted by molar-refractivity contribution is 5.81. The summed E-state index contributed by atoms with van der Waals surface area (Å²) in [6.45, 7) is 3.30. The SMILES string of the molecule is COc1cc(/C=N/Nc2ccc([N+](=O)[O-])cc2)ccc1OCC(=O)OC(C)C. The first-order valence-electron chi connectivity index (χ1n) is 8.43. The van der Waals surface area contributed by atoms with Gasteiger partial charge in [-0.25, -0.2) is 4.79 Å². The van der Waals surface area contributed by atoms with Gasteiger partial charge in [-0.3, -0.25) is 15.5 Å². The van der Waals surface area contributed by atoms with Crippen LogP contribution in [-0.4, -0.2) is 36.9 Å². The van der Waals surface area contributed by atoms with E-state index in [-0.39, 0.29) is 18.4 Å². The van der Waals surface area contributed by atoms with Gasteiger partial charge in [0.05, 0.1) is 30.0 Å². The molecule has 0 unspecified atom stereocenters. The summed E-state index contributed by atoms with van der Waals surface area (Å²) in [5.74, 6) is 0.385. The fourth-order valence-corrected chi connectivity index (χ4v) is 2.16. The molecular formula is C19H21N3O6. The summed E-state index contributed by atoms with van der Waals surface area (Å²) in [4.78, 5) is 21.7. The first kappa shape index (κ1) is 20.7. The van der Waals surface area contributed by atoms with Gasteiger partial charge in [0, 0.05) is 12.1 Å². The van der Waals surface area contributed by atoms with E-state index >= 15 is 0 Å². The van der Waals surface area contributed by atoms with Gasteiger partial charge >= 0.3 is 5.97 Å². The molecule has 0 fully saturated rings. The average Bonchev–Trinajstić information content (AvgIpc) is 2.66. The monoisotopic (exact) mass is 387 g/mol. The molecule has 2 aromatic carbocycles. The van der Waals surface area contributed by atoms with Crippen LogP contribution in [-0.2, 0) is 9.53 Å². The van der Waals surface area contributed by atoms with Crippen LogP contribution in [0.3, 0.4) is 0 Å². The number of nitrogens with one attached hydrogen (secondary N) is 1. The van der Waals surface area contributed by atoms with Crippen molar-refractivity contribution in [3.8, 4) is 11.5 Å². The maximum absolute atomic E-state index is 11.6. The highest BCUT2D eigenvalue weighted by Crippen LogP contribution is 2.27. The maximum atomic E-state index is 11.6. The van der Waals surface area contributed by atoms with Gasteiger partial charge in [-0.2, -0.15) is 5.10 Å². The predicted molar refractivity (Wildman–Crippen MR) is 104 cm³/mol. The van der Waals surface area contributed by atoms with Crippen molar-refractivity contribution in [3.63, 3.8) is 0 Å². The Bertz CT molecular complexity index is 849. The number of nitro groups is 1. The third kappa shape index (κ3) is 6.27. The standard InChI is InChI=1S/C19H21N3O6/c1-13(2)28-19(23)12-27-17-9-4-14(10-18(17)26-3)11-20-21-15-5-7-16(8-6-15)22(24)25/h4-11,13,21H,12H2,1-3H3/b20-11+. The highest BCUT2D eigenvalue weighted by atomic mass is 16.6. The number of carbonyl (C=O) groups excluding carboxylic acids is 1. The van der Waals surface area contributed by atoms with E-state index in [2.05, 4.69) is 10.5 Å². The van der Waals surface area contributed by atoms with Gasteiger partial charge in [0.15, 0.2) is 18.1 Å². The van der Waals surface area contributed by atoms with E-state index in [1.807, 2.05) is 0 Å². The number of non-ortho nitro benzene ring substituents is 1. The zero-order valence-corrected chi connectivity index (χ0v) is 15.7. The number of ether oxygens (including phenoxy) is 3. The van der Waals surface area contributed by atoms with Crippen LogP contribution in [0.5, 0.6) is 11.5 Å². The molecule has 148 valence electrons. The number of hydrogen-bond donors (Lipinski definition) is 1. The molecule has 0 atom stereocenters. The molecule has 28 heavy (non-hydrogen) atoms. The van der Waals surface area contributed by atoms with E-state index in [9.17, 15) is 14.9 Å². The number of hydrazone groups is 1. The molecule has 0 saturated heterocycles. The lowest BCUT2D eigenvalue weighted by Crippen LogP contribution is -2.18. The Hall–Kier alpha value is -3.62. The fraction of sp³-hybridized carbons (Fsp3) is 0.263. The number of nitrogens with zero attached hydrogens (tertiary/aromatic N) is 2. The van der Waals surface area contributed by atoms with Crippen molar-refractivity contribution in [1.29, 1.82) is 0 Å². The number of rotatable bonds is 9. The quantitative estimate of drug-likeness (QED) is 0.304. The Labute approximate surface area is 162 Å². The summed E-state index contributed by atoms with van der Waals surface area (Å²) in [5, 5.41) is 14.7. The molecule has 0 aromatic heterocycles. The molecule has 2 aromatic rings. The van der Waals surface area contributed by atoms with Crippen LogP contribution in [0.25, 0.3) is 0 Å². The van der Waals surface area contributed by atoms with Gasteiger partial charge in [-0.1, -0.05) is 0 Å². The molecule has 0 aliphatic rings. The summed E-state index contributed by atoms with van der Waals surface area (Å²) in [5.41, 5.74) is 4.12. The molecule has 0 saturated carbocycles. The van der Waals surface area contributed by atoms with Crippen molar-refractivity contribution in [1.82, 2.24) is 0 Å². The summed E-state index contributed by atoms with van der Waals surface area (Å²) >= 11 is 0. The normalized spacial score (nSPS) is 10.7. The minimum atomic E-state index is -0.467. The van der Waals surface area contributed by atoms with Crippen molar-refractivity contribution in [2.75, 3.05) is 19.1 Å². The number of esters is 1. The molecule has 0 amide bonds. The van der Waals surface area contributed by atoms with Crippen LogP contribution in [0.4, 0.5) is 11.4 Å². The minimum absolute atomic E-state index is 0.00660. The maximum Gasteiger partial charge on any atom is 0.344 e. The fourth-order valence-electron chi connectivity index (χ4n) is 2.16. The highest BCUT2D eigenvalue weighted by Gasteiger charge is 2.10. The third-order valence-electron chi connectivity index (χ3n) is 3.39. The Morgan fingerprint density at radius 3 is 2.54 bits per heavy atom. The largest absolute Gasteiger partial charge is 0.493 e. The number of hydrogen-bond acceptors (Lipinski definition) is 8. The first-order chi connectivity index (χ1) is 13.4. The Balaban J connectivity index is 1.97. The smallest absolute Gasteiger partial charge is 0.344 e. The summed E-state index contributed by atoms with van der Waals surface area (Å²) in [6, 6.07) is 11.0. The Kier molecular flexibility index (Phi) is 7.32. The number of benzene rings is 2. The van der Waals surface area contributed by atoms with Gasteiger partial charge in [0.25, 0.3) is 5.69 Å². The number of nitro benzene ring substituents is 1. The van der Waals surface area contributed by atoms with E-state index in [1.54, 1.807) is 50.4 Å². The van der Waals surface area contributed by atoms with Crippen LogP contribution in [0, 0.1) is 10.1 Å². The zero-order valence-electron chi connectivity index (χ0n) is 15.7. The molecular weight excluding hydrogens is 366 g/mol. The Morgan fingerprint density at radius 2 is 1.93 bits per heavy atom. The topological polar surface area (TPSA) is 112 Å².